The molecule has 3 rings (SSSR count). The maximum atomic E-state index is 11.8. The van der Waals surface area contributed by atoms with Crippen molar-refractivity contribution in [3.8, 4) is 16.9 Å². The third-order valence-electron chi connectivity index (χ3n) is 5.35. The molecular formula is C22H31N3O4. The summed E-state index contributed by atoms with van der Waals surface area (Å²) < 4.78 is 10.5. The zero-order chi connectivity index (χ0) is 20.8. The summed E-state index contributed by atoms with van der Waals surface area (Å²) in [5.74, 6) is 0.987. The molecule has 0 saturated carbocycles. The highest BCUT2D eigenvalue weighted by Crippen LogP contribution is 2.31. The number of rotatable bonds is 7. The van der Waals surface area contributed by atoms with E-state index in [1.165, 1.54) is 0 Å². The Morgan fingerprint density at radius 2 is 2.07 bits per heavy atom. The van der Waals surface area contributed by atoms with E-state index in [1.807, 2.05) is 13.8 Å². The quantitative estimate of drug-likeness (QED) is 0.678. The van der Waals surface area contributed by atoms with Gasteiger partial charge in [-0.1, -0.05) is 18.5 Å². The van der Waals surface area contributed by atoms with Gasteiger partial charge in [-0.3, -0.25) is 4.90 Å². The van der Waals surface area contributed by atoms with Crippen molar-refractivity contribution in [2.45, 2.75) is 59.0 Å². The molecule has 29 heavy (non-hydrogen) atoms. The zero-order valence-electron chi connectivity index (χ0n) is 17.5. The number of carbonyl (C=O) groups excluding carboxylic acids is 1. The summed E-state index contributed by atoms with van der Waals surface area (Å²) in [7, 11) is 0. The van der Waals surface area contributed by atoms with Crippen LogP contribution in [0.5, 0.6) is 5.75 Å². The summed E-state index contributed by atoms with van der Waals surface area (Å²) in [4.78, 5) is 14.2. The van der Waals surface area contributed by atoms with Gasteiger partial charge >= 0.3 is 6.09 Å². The molecule has 7 heteroatoms. The van der Waals surface area contributed by atoms with Crippen LogP contribution in [0.25, 0.3) is 11.1 Å². The van der Waals surface area contributed by atoms with Crippen LogP contribution in [0, 0.1) is 13.8 Å². The highest BCUT2D eigenvalue weighted by Gasteiger charge is 2.22. The minimum absolute atomic E-state index is 0.155. The number of hydrogen-bond donors (Lipinski definition) is 2. The van der Waals surface area contributed by atoms with Crippen molar-refractivity contribution in [2.24, 2.45) is 0 Å². The Hall–Kier alpha value is -2.54. The number of unbranched alkanes of at least 4 members (excludes halogenated alkanes) is 1. The van der Waals surface area contributed by atoms with Gasteiger partial charge in [-0.25, -0.2) is 4.79 Å². The topological polar surface area (TPSA) is 87.8 Å². The van der Waals surface area contributed by atoms with E-state index in [-0.39, 0.29) is 17.9 Å². The lowest BCUT2D eigenvalue weighted by Gasteiger charge is -2.32. The van der Waals surface area contributed by atoms with Gasteiger partial charge in [0.1, 0.15) is 11.5 Å². The minimum atomic E-state index is -0.311. The molecule has 0 aliphatic carbocycles. The number of benzene rings is 1. The summed E-state index contributed by atoms with van der Waals surface area (Å²) in [5.41, 5.74) is 3.72. The van der Waals surface area contributed by atoms with E-state index in [9.17, 15) is 9.90 Å². The summed E-state index contributed by atoms with van der Waals surface area (Å²) in [5, 5.41) is 17.2. The summed E-state index contributed by atoms with van der Waals surface area (Å²) in [6.45, 7) is 8.85. The molecule has 1 amide bonds. The Balaban J connectivity index is 1.55. The van der Waals surface area contributed by atoms with E-state index in [2.05, 4.69) is 28.4 Å². The van der Waals surface area contributed by atoms with E-state index in [4.69, 9.17) is 9.26 Å². The van der Waals surface area contributed by atoms with Gasteiger partial charge in [0, 0.05) is 31.2 Å². The maximum absolute atomic E-state index is 11.8. The van der Waals surface area contributed by atoms with Gasteiger partial charge in [-0.2, -0.15) is 0 Å². The van der Waals surface area contributed by atoms with E-state index in [1.54, 1.807) is 12.1 Å². The van der Waals surface area contributed by atoms with E-state index >= 15 is 0 Å². The van der Waals surface area contributed by atoms with Crippen molar-refractivity contribution in [3.05, 3.63) is 35.2 Å². The molecule has 0 spiro atoms. The highest BCUT2D eigenvalue weighted by atomic mass is 16.5. The number of ether oxygens (including phenoxy) is 1. The van der Waals surface area contributed by atoms with Crippen LogP contribution in [0.2, 0.25) is 0 Å². The third-order valence-corrected chi connectivity index (χ3v) is 5.35. The molecule has 1 aromatic heterocycles. The number of carbonyl (C=O) groups is 1. The Bertz CT molecular complexity index is 806. The van der Waals surface area contributed by atoms with Crippen LogP contribution >= 0.6 is 0 Å². The molecule has 7 nitrogen and oxygen atoms in total. The monoisotopic (exact) mass is 401 g/mol. The smallest absolute Gasteiger partial charge is 0.407 e. The van der Waals surface area contributed by atoms with E-state index in [0.717, 1.165) is 73.5 Å². The molecule has 158 valence electrons. The Morgan fingerprint density at radius 1 is 1.31 bits per heavy atom. The normalized spacial score (nSPS) is 15.4. The predicted molar refractivity (Wildman–Crippen MR) is 111 cm³/mol. The molecule has 2 N–H and O–H groups in total. The van der Waals surface area contributed by atoms with Crippen molar-refractivity contribution < 1.29 is 19.2 Å². The second-order valence-corrected chi connectivity index (χ2v) is 7.77. The molecular weight excluding hydrogens is 370 g/mol. The molecule has 2 aromatic rings. The first-order valence-corrected chi connectivity index (χ1v) is 10.4. The Kier molecular flexibility index (Phi) is 7.14. The van der Waals surface area contributed by atoms with E-state index < -0.39 is 0 Å². The number of aryl methyl sites for hydroxylation is 2. The fraction of sp³-hybridized carbons (Fsp3) is 0.545. The number of piperidine rings is 1. The Labute approximate surface area is 172 Å². The lowest BCUT2D eigenvalue weighted by Crippen LogP contribution is -2.44. The average Bonchev–Trinajstić information content (AvgIpc) is 3.01. The van der Waals surface area contributed by atoms with Crippen molar-refractivity contribution in [1.82, 2.24) is 15.4 Å². The number of aromatic hydroxyl groups is 1. The summed E-state index contributed by atoms with van der Waals surface area (Å²) in [6, 6.07) is 5.79. The van der Waals surface area contributed by atoms with Gasteiger partial charge in [-0.05, 0) is 62.4 Å². The molecule has 0 radical (unpaired) electrons. The molecule has 1 saturated heterocycles. The first-order chi connectivity index (χ1) is 14.0. The summed E-state index contributed by atoms with van der Waals surface area (Å²) in [6.07, 6.45) is 3.37. The van der Waals surface area contributed by atoms with Crippen LogP contribution in [0.4, 0.5) is 4.79 Å². The third kappa shape index (κ3) is 5.73. The highest BCUT2D eigenvalue weighted by molar-refractivity contribution is 5.69. The molecule has 1 aromatic carbocycles. The van der Waals surface area contributed by atoms with Gasteiger partial charge < -0.3 is 19.7 Å². The van der Waals surface area contributed by atoms with Gasteiger partial charge in [0.05, 0.1) is 12.3 Å². The standard InChI is InChI=1S/C22H31N3O4/c1-4-5-10-28-22(27)23-19-6-8-25(9-7-19)14-17-11-18(13-20(26)12-17)21-15(2)24-29-16(21)3/h11-13,19,26H,4-10,14H2,1-3H3,(H,23,27). The van der Waals surface area contributed by atoms with Crippen molar-refractivity contribution in [1.29, 1.82) is 0 Å². The molecule has 2 heterocycles. The number of amides is 1. The molecule has 1 fully saturated rings. The minimum Gasteiger partial charge on any atom is -0.508 e. The van der Waals surface area contributed by atoms with Crippen molar-refractivity contribution >= 4 is 6.09 Å². The summed E-state index contributed by atoms with van der Waals surface area (Å²) >= 11 is 0. The van der Waals surface area contributed by atoms with Crippen LogP contribution in [-0.4, -0.2) is 47.0 Å². The molecule has 1 aliphatic rings. The number of alkyl carbamates (subject to hydrolysis) is 1. The van der Waals surface area contributed by atoms with Crippen molar-refractivity contribution in [2.75, 3.05) is 19.7 Å². The fourth-order valence-electron chi connectivity index (χ4n) is 3.82. The maximum Gasteiger partial charge on any atom is 0.407 e. The van der Waals surface area contributed by atoms with Crippen LogP contribution in [0.15, 0.2) is 22.7 Å². The molecule has 1 aliphatic heterocycles. The van der Waals surface area contributed by atoms with Gasteiger partial charge in [0.2, 0.25) is 0 Å². The number of phenols is 1. The van der Waals surface area contributed by atoms with E-state index in [0.29, 0.717) is 6.61 Å². The van der Waals surface area contributed by atoms with Crippen molar-refractivity contribution in [3.63, 3.8) is 0 Å². The second kappa shape index (κ2) is 9.78. The first-order valence-electron chi connectivity index (χ1n) is 10.4. The number of phenolic OH excluding ortho intramolecular Hbond substituents is 1. The number of nitrogens with zero attached hydrogens (tertiary/aromatic N) is 2. The lowest BCUT2D eigenvalue weighted by molar-refractivity contribution is 0.130. The van der Waals surface area contributed by atoms with Gasteiger partial charge in [0.15, 0.2) is 0 Å². The van der Waals surface area contributed by atoms with Gasteiger partial charge in [0.25, 0.3) is 0 Å². The zero-order valence-corrected chi connectivity index (χ0v) is 17.5. The SMILES string of the molecule is CCCCOC(=O)NC1CCN(Cc2cc(O)cc(-c3c(C)noc3C)c2)CC1. The molecule has 0 bridgehead atoms. The molecule has 0 atom stereocenters. The average molecular weight is 402 g/mol. The van der Waals surface area contributed by atoms with Crippen LogP contribution in [0.1, 0.15) is 49.6 Å². The number of nitrogens with one attached hydrogen (secondary N) is 1. The van der Waals surface area contributed by atoms with Crippen LogP contribution in [-0.2, 0) is 11.3 Å². The fourth-order valence-corrected chi connectivity index (χ4v) is 3.82. The van der Waals surface area contributed by atoms with Gasteiger partial charge in [-0.15, -0.1) is 0 Å². The number of aromatic nitrogens is 1. The van der Waals surface area contributed by atoms with Crippen LogP contribution < -0.4 is 5.32 Å². The largest absolute Gasteiger partial charge is 0.508 e. The number of hydrogen-bond acceptors (Lipinski definition) is 6. The molecule has 0 unspecified atom stereocenters. The number of likely N-dealkylation sites (tertiary alicyclic amines) is 1. The second-order valence-electron chi connectivity index (χ2n) is 7.77. The predicted octanol–water partition coefficient (Wildman–Crippen LogP) is 4.15. The first kappa shape index (κ1) is 21.2. The lowest BCUT2D eigenvalue weighted by atomic mass is 10.00. The Morgan fingerprint density at radius 3 is 2.72 bits per heavy atom. The van der Waals surface area contributed by atoms with Crippen LogP contribution in [0.3, 0.4) is 0 Å².